The van der Waals surface area contributed by atoms with E-state index in [0.29, 0.717) is 17.4 Å². The van der Waals surface area contributed by atoms with Gasteiger partial charge in [-0.1, -0.05) is 365 Å². The maximum absolute atomic E-state index is 13.0. The van der Waals surface area contributed by atoms with E-state index in [9.17, 15) is 19.5 Å². The van der Waals surface area contributed by atoms with Gasteiger partial charge in [0.2, 0.25) is 0 Å². The van der Waals surface area contributed by atoms with Crippen molar-refractivity contribution in [3.8, 4) is 0 Å². The lowest BCUT2D eigenvalue weighted by atomic mass is 10.0. The first kappa shape index (κ1) is 88.5. The van der Waals surface area contributed by atoms with Crippen LogP contribution in [0.4, 0.5) is 0 Å². The predicted octanol–water partition coefficient (Wildman–Crippen LogP) is 24.2. The number of carboxylic acids is 1. The van der Waals surface area contributed by atoms with Gasteiger partial charge in [0.1, 0.15) is 13.2 Å². The van der Waals surface area contributed by atoms with Crippen molar-refractivity contribution in [2.75, 3.05) is 47.5 Å². The largest absolute Gasteiger partial charge is 0.545 e. The maximum Gasteiger partial charge on any atom is 0.306 e. The SMILES string of the molecule is CCCCCCC/C=C\C/C=C\CCCCCCCCCCCCCCCCCCCCCC(=O)OC(COC(=O)CCCCCCCCCCCCCCCCCCCCCCCCC/C=C\CCCCCCCCCC)COC(OCC[N+](C)(C)C)C(=O)[O-]. The highest BCUT2D eigenvalue weighted by molar-refractivity contribution is 5.70. The van der Waals surface area contributed by atoms with E-state index >= 15 is 0 Å². The van der Waals surface area contributed by atoms with Crippen molar-refractivity contribution in [1.82, 2.24) is 0 Å². The lowest BCUT2D eigenvalue weighted by molar-refractivity contribution is -0.870. The molecule has 2 atom stereocenters. The molecule has 0 aromatic rings. The Hall–Kier alpha value is -2.49. The van der Waals surface area contributed by atoms with Gasteiger partial charge in [-0.15, -0.1) is 0 Å². The Morgan fingerprint density at radius 2 is 0.593 bits per heavy atom. The van der Waals surface area contributed by atoms with Crippen molar-refractivity contribution >= 4 is 17.9 Å². The molecule has 91 heavy (non-hydrogen) atoms. The van der Waals surface area contributed by atoms with E-state index in [0.717, 1.165) is 44.9 Å². The minimum absolute atomic E-state index is 0.151. The van der Waals surface area contributed by atoms with Crippen molar-refractivity contribution in [3.63, 3.8) is 0 Å². The minimum Gasteiger partial charge on any atom is -0.545 e. The number of allylic oxidation sites excluding steroid dienone is 6. The van der Waals surface area contributed by atoms with Gasteiger partial charge >= 0.3 is 11.9 Å². The van der Waals surface area contributed by atoms with E-state index in [4.69, 9.17) is 18.9 Å². The Labute approximate surface area is 566 Å². The Balaban J connectivity index is 3.97. The predicted molar refractivity (Wildman–Crippen MR) is 389 cm³/mol. The summed E-state index contributed by atoms with van der Waals surface area (Å²) in [5.74, 6) is -2.25. The van der Waals surface area contributed by atoms with Crippen LogP contribution < -0.4 is 5.11 Å². The molecule has 0 saturated heterocycles. The monoisotopic (exact) mass is 1280 g/mol. The third-order valence-electron chi connectivity index (χ3n) is 18.4. The number of carboxylic acid groups (broad SMARTS) is 1. The number of hydrogen-bond acceptors (Lipinski definition) is 8. The first-order chi connectivity index (χ1) is 44.6. The van der Waals surface area contributed by atoms with Crippen molar-refractivity contribution in [2.45, 2.75) is 424 Å². The van der Waals surface area contributed by atoms with E-state index in [1.807, 2.05) is 21.1 Å². The molecule has 0 N–H and O–H groups in total. The van der Waals surface area contributed by atoms with E-state index in [1.54, 1.807) is 0 Å². The number of aliphatic carboxylic acids is 1. The van der Waals surface area contributed by atoms with Gasteiger partial charge in [0.25, 0.3) is 0 Å². The number of hydrogen-bond donors (Lipinski definition) is 0. The summed E-state index contributed by atoms with van der Waals surface area (Å²) in [6, 6.07) is 0. The van der Waals surface area contributed by atoms with E-state index < -0.39 is 24.3 Å². The van der Waals surface area contributed by atoms with Crippen molar-refractivity contribution in [1.29, 1.82) is 0 Å². The van der Waals surface area contributed by atoms with Gasteiger partial charge in [-0.05, 0) is 70.6 Å². The van der Waals surface area contributed by atoms with Crippen LogP contribution in [0.15, 0.2) is 36.5 Å². The molecule has 536 valence electrons. The molecular weight excluding hydrogens is 1130 g/mol. The first-order valence-corrected chi connectivity index (χ1v) is 40.1. The zero-order valence-corrected chi connectivity index (χ0v) is 61.5. The standard InChI is InChI=1S/C82H155NO8/c1-6-8-10-12-14-16-18-20-22-24-26-28-30-32-34-36-38-39-40-41-43-44-46-48-50-52-54-56-58-60-62-64-66-68-70-72-79(84)89-76-78(77-90-82(81(86)87)88-75-74-83(3,4)5)91-80(85)73-71-69-67-65-63-61-59-57-55-53-51-49-47-45-42-37-35-33-31-29-27-25-23-21-19-17-15-13-11-9-7-2/h19,21,24-27,78,82H,6-18,20,22-23,28-77H2,1-5H3/b21-19-,26-24-,27-25-. The molecule has 9 nitrogen and oxygen atoms in total. The molecule has 0 spiro atoms. The fourth-order valence-electron chi connectivity index (χ4n) is 12.2. The molecular formula is C82H155NO8. The summed E-state index contributed by atoms with van der Waals surface area (Å²) in [6.07, 6.45) is 91.3. The first-order valence-electron chi connectivity index (χ1n) is 40.1. The molecule has 0 fully saturated rings. The van der Waals surface area contributed by atoms with Crippen LogP contribution in [0.1, 0.15) is 412 Å². The summed E-state index contributed by atoms with van der Waals surface area (Å²) in [6.45, 7) is 4.82. The summed E-state index contributed by atoms with van der Waals surface area (Å²) < 4.78 is 22.9. The number of ether oxygens (including phenoxy) is 4. The molecule has 0 rings (SSSR count). The molecule has 0 aliphatic heterocycles. The van der Waals surface area contributed by atoms with E-state index in [-0.39, 0.29) is 32.2 Å². The zero-order chi connectivity index (χ0) is 66.1. The third-order valence-corrected chi connectivity index (χ3v) is 18.4. The fraction of sp³-hybridized carbons (Fsp3) is 0.890. The molecule has 0 aromatic heterocycles. The van der Waals surface area contributed by atoms with Crippen LogP contribution in [-0.4, -0.2) is 82.3 Å². The van der Waals surface area contributed by atoms with E-state index in [1.165, 1.54) is 340 Å². The van der Waals surface area contributed by atoms with Crippen LogP contribution in [0.2, 0.25) is 0 Å². The molecule has 0 bridgehead atoms. The van der Waals surface area contributed by atoms with Crippen LogP contribution in [0.3, 0.4) is 0 Å². The van der Waals surface area contributed by atoms with Crippen molar-refractivity contribution < 1.29 is 42.9 Å². The van der Waals surface area contributed by atoms with Gasteiger partial charge in [0, 0.05) is 12.8 Å². The molecule has 9 heteroatoms. The number of esters is 2. The fourth-order valence-corrected chi connectivity index (χ4v) is 12.2. The number of unbranched alkanes of at least 4 members (excludes halogenated alkanes) is 55. The molecule has 0 saturated carbocycles. The molecule has 0 aliphatic rings. The smallest absolute Gasteiger partial charge is 0.306 e. The quantitative estimate of drug-likeness (QED) is 0.0195. The van der Waals surface area contributed by atoms with Crippen LogP contribution in [0.25, 0.3) is 0 Å². The topological polar surface area (TPSA) is 111 Å². The Morgan fingerprint density at radius 3 is 0.879 bits per heavy atom. The summed E-state index contributed by atoms with van der Waals surface area (Å²) in [7, 11) is 5.95. The lowest BCUT2D eigenvalue weighted by Gasteiger charge is -2.26. The normalized spacial score (nSPS) is 12.8. The van der Waals surface area contributed by atoms with Gasteiger partial charge in [-0.25, -0.2) is 0 Å². The summed E-state index contributed by atoms with van der Waals surface area (Å²) >= 11 is 0. The van der Waals surface area contributed by atoms with Gasteiger partial charge in [-0.3, -0.25) is 9.59 Å². The highest BCUT2D eigenvalue weighted by Crippen LogP contribution is 2.20. The lowest BCUT2D eigenvalue weighted by Crippen LogP contribution is -2.44. The number of carbonyl (C=O) groups excluding carboxylic acids is 3. The van der Waals surface area contributed by atoms with Gasteiger partial charge in [0.05, 0.1) is 40.3 Å². The average Bonchev–Trinajstić information content (AvgIpc) is 3.65. The van der Waals surface area contributed by atoms with Crippen LogP contribution >= 0.6 is 0 Å². The number of nitrogens with zero attached hydrogens (tertiary/aromatic N) is 1. The third kappa shape index (κ3) is 74.8. The zero-order valence-electron chi connectivity index (χ0n) is 61.5. The second-order valence-electron chi connectivity index (χ2n) is 28.7. The van der Waals surface area contributed by atoms with Crippen LogP contribution in [-0.2, 0) is 33.3 Å². The molecule has 0 aliphatic carbocycles. The van der Waals surface area contributed by atoms with Crippen molar-refractivity contribution in [2.24, 2.45) is 0 Å². The Kier molecular flexibility index (Phi) is 71.3. The summed E-state index contributed by atoms with van der Waals surface area (Å²) in [4.78, 5) is 37.6. The summed E-state index contributed by atoms with van der Waals surface area (Å²) in [5.41, 5.74) is 0. The number of rotatable bonds is 76. The second-order valence-corrected chi connectivity index (χ2v) is 28.7. The van der Waals surface area contributed by atoms with E-state index in [2.05, 4.69) is 50.3 Å². The highest BCUT2D eigenvalue weighted by Gasteiger charge is 2.22. The summed E-state index contributed by atoms with van der Waals surface area (Å²) in [5, 5.41) is 11.9. The van der Waals surface area contributed by atoms with Gasteiger partial charge in [-0.2, -0.15) is 0 Å². The second kappa shape index (κ2) is 73.3. The number of likely N-dealkylation sites (N-methyl/N-ethyl adjacent to an activating group) is 1. The average molecular weight is 1280 g/mol. The molecule has 2 unspecified atom stereocenters. The molecule has 0 radical (unpaired) electrons. The Morgan fingerprint density at radius 1 is 0.330 bits per heavy atom. The van der Waals surface area contributed by atoms with Gasteiger partial charge < -0.3 is 33.3 Å². The molecule has 0 aromatic carbocycles. The van der Waals surface area contributed by atoms with Gasteiger partial charge in [0.15, 0.2) is 12.4 Å². The maximum atomic E-state index is 13.0. The number of quaternary nitrogens is 1. The highest BCUT2D eigenvalue weighted by atomic mass is 16.7. The van der Waals surface area contributed by atoms with Crippen molar-refractivity contribution in [3.05, 3.63) is 36.5 Å². The van der Waals surface area contributed by atoms with Crippen LogP contribution in [0.5, 0.6) is 0 Å². The molecule has 0 amide bonds. The number of carbonyl (C=O) groups is 3. The molecule has 0 heterocycles. The van der Waals surface area contributed by atoms with Crippen LogP contribution in [0, 0.1) is 0 Å². The Bertz CT molecular complexity index is 1590. The minimum atomic E-state index is -1.62.